The monoisotopic (exact) mass is 492 g/mol. The number of hydrogen-bond acceptors (Lipinski definition) is 5. The Morgan fingerprint density at radius 1 is 1.30 bits per heavy atom. The molecule has 2 heterocycles. The van der Waals surface area contributed by atoms with Gasteiger partial charge in [0.2, 0.25) is 0 Å². The molecule has 9 heteroatoms. The topological polar surface area (TPSA) is 96.2 Å². The van der Waals surface area contributed by atoms with Crippen molar-refractivity contribution in [2.24, 2.45) is 10.9 Å². The lowest BCUT2D eigenvalue weighted by Crippen LogP contribution is -2.47. The Balaban J connectivity index is 0.00000364. The minimum atomic E-state index is -0.193. The van der Waals surface area contributed by atoms with Gasteiger partial charge in [0, 0.05) is 38.8 Å². The van der Waals surface area contributed by atoms with E-state index in [9.17, 15) is 9.59 Å². The van der Waals surface area contributed by atoms with E-state index >= 15 is 0 Å². The van der Waals surface area contributed by atoms with E-state index in [0.717, 1.165) is 43.9 Å². The fraction of sp³-hybridized carbons (Fsp3) is 0.611. The molecule has 152 valence electrons. The number of ether oxygens (including phenoxy) is 1. The SMILES string of the molecule is CN=C(NCCCNC(=O)c1occc1C)N1CCC(C(=O)OC)CC1.I. The summed E-state index contributed by atoms with van der Waals surface area (Å²) >= 11 is 0. The van der Waals surface area contributed by atoms with Crippen molar-refractivity contribution in [3.63, 3.8) is 0 Å². The number of amides is 1. The highest BCUT2D eigenvalue weighted by atomic mass is 127. The smallest absolute Gasteiger partial charge is 0.308 e. The zero-order valence-corrected chi connectivity index (χ0v) is 18.4. The van der Waals surface area contributed by atoms with E-state index in [-0.39, 0.29) is 41.8 Å². The molecule has 1 aliphatic heterocycles. The third-order valence-corrected chi connectivity index (χ3v) is 4.53. The van der Waals surface area contributed by atoms with Gasteiger partial charge in [0.25, 0.3) is 5.91 Å². The number of aryl methyl sites for hydroxylation is 1. The Morgan fingerprint density at radius 2 is 1.96 bits per heavy atom. The number of halogens is 1. The predicted molar refractivity (Wildman–Crippen MR) is 113 cm³/mol. The maximum Gasteiger partial charge on any atom is 0.308 e. The molecule has 0 radical (unpaired) electrons. The molecular weight excluding hydrogens is 463 g/mol. The average Bonchev–Trinajstić information content (AvgIpc) is 3.10. The van der Waals surface area contributed by atoms with Crippen LogP contribution >= 0.6 is 24.0 Å². The van der Waals surface area contributed by atoms with Crippen LogP contribution in [0.25, 0.3) is 0 Å². The van der Waals surface area contributed by atoms with Crippen molar-refractivity contribution in [2.45, 2.75) is 26.2 Å². The number of methoxy groups -OCH3 is 1. The summed E-state index contributed by atoms with van der Waals surface area (Å²) in [6.45, 7) is 4.63. The summed E-state index contributed by atoms with van der Waals surface area (Å²) in [4.78, 5) is 30.0. The van der Waals surface area contributed by atoms with Crippen molar-refractivity contribution in [3.8, 4) is 0 Å². The molecule has 27 heavy (non-hydrogen) atoms. The van der Waals surface area contributed by atoms with Crippen LogP contribution < -0.4 is 10.6 Å². The fourth-order valence-electron chi connectivity index (χ4n) is 3.00. The van der Waals surface area contributed by atoms with Crippen molar-refractivity contribution in [1.29, 1.82) is 0 Å². The molecule has 1 saturated heterocycles. The molecule has 1 amide bonds. The molecule has 1 aromatic heterocycles. The Kier molecular flexibility index (Phi) is 10.2. The van der Waals surface area contributed by atoms with E-state index < -0.39 is 0 Å². The molecule has 2 rings (SSSR count). The Labute approximate surface area is 177 Å². The van der Waals surface area contributed by atoms with Gasteiger partial charge in [0.1, 0.15) is 0 Å². The number of furan rings is 1. The molecule has 0 saturated carbocycles. The Bertz CT molecular complexity index is 639. The van der Waals surface area contributed by atoms with Crippen LogP contribution in [-0.4, -0.2) is 63.1 Å². The first-order valence-electron chi connectivity index (χ1n) is 8.92. The molecule has 0 atom stereocenters. The van der Waals surface area contributed by atoms with Crippen LogP contribution in [0.1, 0.15) is 35.4 Å². The highest BCUT2D eigenvalue weighted by Crippen LogP contribution is 2.18. The lowest BCUT2D eigenvalue weighted by atomic mass is 9.97. The molecule has 1 fully saturated rings. The first-order valence-corrected chi connectivity index (χ1v) is 8.92. The number of carbonyl (C=O) groups is 2. The van der Waals surface area contributed by atoms with Crippen molar-refractivity contribution < 1.29 is 18.7 Å². The highest BCUT2D eigenvalue weighted by Gasteiger charge is 2.26. The quantitative estimate of drug-likeness (QED) is 0.207. The van der Waals surface area contributed by atoms with E-state index in [4.69, 9.17) is 9.15 Å². The van der Waals surface area contributed by atoms with E-state index in [1.54, 1.807) is 13.1 Å². The van der Waals surface area contributed by atoms with Crippen molar-refractivity contribution in [2.75, 3.05) is 40.3 Å². The average molecular weight is 492 g/mol. The van der Waals surface area contributed by atoms with Crippen molar-refractivity contribution in [3.05, 3.63) is 23.7 Å². The summed E-state index contributed by atoms with van der Waals surface area (Å²) in [5, 5.41) is 6.15. The van der Waals surface area contributed by atoms with Gasteiger partial charge in [-0.1, -0.05) is 0 Å². The number of esters is 1. The largest absolute Gasteiger partial charge is 0.469 e. The lowest BCUT2D eigenvalue weighted by Gasteiger charge is -2.33. The zero-order chi connectivity index (χ0) is 18.9. The summed E-state index contributed by atoms with van der Waals surface area (Å²) in [5.41, 5.74) is 0.830. The van der Waals surface area contributed by atoms with Crippen LogP contribution in [0.5, 0.6) is 0 Å². The molecule has 0 unspecified atom stereocenters. The normalized spacial score (nSPS) is 15.1. The van der Waals surface area contributed by atoms with E-state index in [0.29, 0.717) is 18.8 Å². The van der Waals surface area contributed by atoms with Gasteiger partial charge < -0.3 is 24.7 Å². The van der Waals surface area contributed by atoms with Crippen LogP contribution in [0, 0.1) is 12.8 Å². The molecule has 8 nitrogen and oxygen atoms in total. The van der Waals surface area contributed by atoms with Gasteiger partial charge in [-0.05, 0) is 32.3 Å². The molecular formula is C18H29IN4O4. The summed E-state index contributed by atoms with van der Waals surface area (Å²) in [5.74, 6) is 0.843. The second-order valence-corrected chi connectivity index (χ2v) is 6.30. The summed E-state index contributed by atoms with van der Waals surface area (Å²) in [7, 11) is 3.18. The van der Waals surface area contributed by atoms with Crippen LogP contribution in [-0.2, 0) is 9.53 Å². The van der Waals surface area contributed by atoms with Crippen LogP contribution in [0.2, 0.25) is 0 Å². The number of nitrogens with zero attached hydrogens (tertiary/aromatic N) is 2. The molecule has 0 aromatic carbocycles. The molecule has 0 bridgehead atoms. The number of aliphatic imine (C=N–C) groups is 1. The summed E-state index contributed by atoms with van der Waals surface area (Å²) in [6, 6.07) is 1.77. The fourth-order valence-corrected chi connectivity index (χ4v) is 3.00. The molecule has 2 N–H and O–H groups in total. The second kappa shape index (κ2) is 11.8. The lowest BCUT2D eigenvalue weighted by molar-refractivity contribution is -0.146. The number of hydrogen-bond donors (Lipinski definition) is 2. The Hall–Kier alpha value is -1.78. The van der Waals surface area contributed by atoms with Crippen molar-refractivity contribution in [1.82, 2.24) is 15.5 Å². The minimum Gasteiger partial charge on any atom is -0.469 e. The number of piperidine rings is 1. The van der Waals surface area contributed by atoms with Gasteiger partial charge in [-0.3, -0.25) is 14.6 Å². The first-order chi connectivity index (χ1) is 12.6. The molecule has 1 aromatic rings. The summed E-state index contributed by atoms with van der Waals surface area (Å²) < 4.78 is 9.98. The number of carbonyl (C=O) groups excluding carboxylic acids is 2. The third kappa shape index (κ3) is 6.71. The number of guanidine groups is 1. The highest BCUT2D eigenvalue weighted by molar-refractivity contribution is 14.0. The van der Waals surface area contributed by atoms with Gasteiger partial charge in [0.15, 0.2) is 11.7 Å². The van der Waals surface area contributed by atoms with Gasteiger partial charge in [-0.15, -0.1) is 24.0 Å². The number of likely N-dealkylation sites (tertiary alicyclic amines) is 1. The standard InChI is InChI=1S/C18H28N4O4.HI/c1-13-7-12-26-15(13)16(23)20-8-4-9-21-18(19-2)22-10-5-14(6-11-22)17(24)25-3;/h7,12,14H,4-6,8-11H2,1-3H3,(H,19,21)(H,20,23);1H. The maximum absolute atomic E-state index is 11.9. The van der Waals surface area contributed by atoms with E-state index in [1.807, 2.05) is 6.92 Å². The van der Waals surface area contributed by atoms with Crippen LogP contribution in [0.4, 0.5) is 0 Å². The van der Waals surface area contributed by atoms with E-state index in [2.05, 4.69) is 20.5 Å². The van der Waals surface area contributed by atoms with Gasteiger partial charge >= 0.3 is 5.97 Å². The predicted octanol–water partition coefficient (Wildman–Crippen LogP) is 1.79. The van der Waals surface area contributed by atoms with Crippen molar-refractivity contribution >= 4 is 41.8 Å². The molecule has 0 aliphatic carbocycles. The minimum absolute atomic E-state index is 0. The third-order valence-electron chi connectivity index (χ3n) is 4.53. The summed E-state index contributed by atoms with van der Waals surface area (Å²) in [6.07, 6.45) is 3.82. The van der Waals surface area contributed by atoms with Gasteiger partial charge in [-0.2, -0.15) is 0 Å². The maximum atomic E-state index is 11.9. The Morgan fingerprint density at radius 3 is 2.52 bits per heavy atom. The van der Waals surface area contributed by atoms with E-state index in [1.165, 1.54) is 13.4 Å². The molecule has 1 aliphatic rings. The molecule has 0 spiro atoms. The van der Waals surface area contributed by atoms with Crippen LogP contribution in [0.3, 0.4) is 0 Å². The zero-order valence-electron chi connectivity index (χ0n) is 16.1. The van der Waals surface area contributed by atoms with Gasteiger partial charge in [-0.25, -0.2) is 0 Å². The first kappa shape index (κ1) is 23.3. The van der Waals surface area contributed by atoms with Gasteiger partial charge in [0.05, 0.1) is 19.3 Å². The number of rotatable bonds is 6. The van der Waals surface area contributed by atoms with Crippen LogP contribution in [0.15, 0.2) is 21.7 Å². The second-order valence-electron chi connectivity index (χ2n) is 6.30. The number of nitrogens with one attached hydrogen (secondary N) is 2.